The molecule has 0 aliphatic heterocycles. The lowest BCUT2D eigenvalue weighted by Crippen LogP contribution is -1.95. The summed E-state index contributed by atoms with van der Waals surface area (Å²) in [6.45, 7) is 0. The summed E-state index contributed by atoms with van der Waals surface area (Å²) < 4.78 is 4.56. The van der Waals surface area contributed by atoms with Crippen LogP contribution in [0.2, 0.25) is 0 Å². The number of rotatable bonds is 9. The fraction of sp³-hybridized carbons (Fsp3) is 0. The Morgan fingerprint density at radius 1 is 0.738 bits per heavy atom. The molecule has 0 spiro atoms. The van der Waals surface area contributed by atoms with Gasteiger partial charge in [-0.05, 0) is 83.2 Å². The fourth-order valence-electron chi connectivity index (χ4n) is 4.00. The van der Waals surface area contributed by atoms with E-state index >= 15 is 0 Å². The molecule has 5 aromatic rings. The van der Waals surface area contributed by atoms with E-state index in [2.05, 4.69) is 29.8 Å². The number of aromatic hydroxyl groups is 2. The van der Waals surface area contributed by atoms with Crippen molar-refractivity contribution in [3.63, 3.8) is 0 Å². The first-order chi connectivity index (χ1) is 20.3. The maximum atomic E-state index is 11.2. The number of nitrogen functional groups attached to an aromatic ring is 1. The molecule has 0 unspecified atom stereocenters. The number of anilines is 1. The number of carboxylic acids is 1. The lowest BCUT2D eigenvalue weighted by atomic mass is 10.1. The van der Waals surface area contributed by atoms with Crippen LogP contribution in [0.5, 0.6) is 11.5 Å². The van der Waals surface area contributed by atoms with E-state index < -0.39 is 5.97 Å². The van der Waals surface area contributed by atoms with Gasteiger partial charge in [0.2, 0.25) is 0 Å². The Balaban J connectivity index is 1.32. The molecule has 5 aromatic carbocycles. The first-order valence-electron chi connectivity index (χ1n) is 12.1. The predicted octanol–water partition coefficient (Wildman–Crippen LogP) is 8.46. The van der Waals surface area contributed by atoms with Gasteiger partial charge in [0.1, 0.15) is 17.0 Å². The largest absolute Gasteiger partial charge is 0.507 e. The Kier molecular flexibility index (Phi) is 8.36. The number of nitrogens with two attached hydrogens (primary N) is 1. The van der Waals surface area contributed by atoms with E-state index in [1.807, 2.05) is 24.3 Å². The van der Waals surface area contributed by atoms with Crippen LogP contribution in [0.4, 0.5) is 28.4 Å². The molecule has 0 saturated heterocycles. The average molecular weight is 584 g/mol. The number of azo groups is 2. The van der Waals surface area contributed by atoms with Crippen LogP contribution in [0.25, 0.3) is 21.9 Å². The van der Waals surface area contributed by atoms with Gasteiger partial charge in [-0.2, -0.15) is 15.3 Å². The Morgan fingerprint density at radius 2 is 1.33 bits per heavy atom. The molecule has 12 nitrogen and oxygen atoms in total. The second-order valence-electron chi connectivity index (χ2n) is 8.78. The SMILES string of the molecule is Nc1ccc2c(O)c(N=Nc3ccc(-c4ccc(N=Nc5ccc(O)c(C(=O)O)c5)cc4)cc3)c(SOOO)cc2c1. The number of carboxylic acid groups (broad SMARTS) is 1. The molecular weight excluding hydrogens is 562 g/mol. The van der Waals surface area contributed by atoms with Crippen molar-refractivity contribution in [3.05, 3.63) is 96.6 Å². The lowest BCUT2D eigenvalue weighted by Gasteiger charge is -2.09. The molecular formula is C29H21N5O7S. The molecule has 0 aliphatic rings. The van der Waals surface area contributed by atoms with Crippen LogP contribution < -0.4 is 5.73 Å². The normalized spacial score (nSPS) is 11.5. The third-order valence-corrected chi connectivity index (χ3v) is 6.67. The van der Waals surface area contributed by atoms with Crippen LogP contribution in [0.3, 0.4) is 0 Å². The van der Waals surface area contributed by atoms with Gasteiger partial charge in [-0.3, -0.25) is 0 Å². The van der Waals surface area contributed by atoms with Gasteiger partial charge in [0.05, 0.1) is 34.0 Å². The molecule has 0 bridgehead atoms. The van der Waals surface area contributed by atoms with E-state index in [1.54, 1.807) is 48.5 Å². The summed E-state index contributed by atoms with van der Waals surface area (Å²) in [5, 5.41) is 59.7. The van der Waals surface area contributed by atoms with E-state index in [0.717, 1.165) is 11.1 Å². The van der Waals surface area contributed by atoms with E-state index in [1.165, 1.54) is 18.2 Å². The number of phenols is 2. The van der Waals surface area contributed by atoms with Gasteiger partial charge in [-0.1, -0.05) is 29.3 Å². The summed E-state index contributed by atoms with van der Waals surface area (Å²) in [5.74, 6) is -1.74. The molecule has 42 heavy (non-hydrogen) atoms. The highest BCUT2D eigenvalue weighted by Crippen LogP contribution is 2.44. The smallest absolute Gasteiger partial charge is 0.339 e. The van der Waals surface area contributed by atoms with Crippen molar-refractivity contribution in [2.24, 2.45) is 20.5 Å². The topological polar surface area (TPSA) is 192 Å². The van der Waals surface area contributed by atoms with Gasteiger partial charge in [0.15, 0.2) is 5.75 Å². The Morgan fingerprint density at radius 3 is 1.95 bits per heavy atom. The standard InChI is InChI=1S/C29H21N5O7S/c30-19-5-11-23-18(13-19)14-26(42-41-40-39)27(28(23)36)34-32-21-8-3-17(4-9-21)16-1-6-20(7-2-16)31-33-22-10-12-25(35)24(15-22)29(37)38/h1-15,35-36,39H,30H2,(H,37,38). The fourth-order valence-corrected chi connectivity index (χ4v) is 4.50. The lowest BCUT2D eigenvalue weighted by molar-refractivity contribution is -0.432. The number of phenolic OH excluding ortho intramolecular Hbond substituents is 1. The molecule has 6 N–H and O–H groups in total. The molecule has 0 fully saturated rings. The van der Waals surface area contributed by atoms with Crippen molar-refractivity contribution in [1.82, 2.24) is 0 Å². The second kappa shape index (κ2) is 12.4. The van der Waals surface area contributed by atoms with Crippen molar-refractivity contribution in [1.29, 1.82) is 0 Å². The van der Waals surface area contributed by atoms with Crippen LogP contribution in [0, 0.1) is 0 Å². The summed E-state index contributed by atoms with van der Waals surface area (Å²) >= 11 is 0.647. The first-order valence-corrected chi connectivity index (χ1v) is 12.9. The quantitative estimate of drug-likeness (QED) is 0.0372. The Bertz CT molecular complexity index is 1830. The van der Waals surface area contributed by atoms with Gasteiger partial charge in [-0.15, -0.1) is 9.45 Å². The zero-order chi connectivity index (χ0) is 29.6. The molecule has 0 radical (unpaired) electrons. The molecule has 13 heteroatoms. The maximum absolute atomic E-state index is 11.2. The van der Waals surface area contributed by atoms with E-state index in [0.29, 0.717) is 50.5 Å². The van der Waals surface area contributed by atoms with Gasteiger partial charge in [0.25, 0.3) is 0 Å². The minimum atomic E-state index is -1.26. The minimum absolute atomic E-state index is 0.120. The highest BCUT2D eigenvalue weighted by molar-refractivity contribution is 7.94. The van der Waals surface area contributed by atoms with E-state index in [-0.39, 0.29) is 22.7 Å². The van der Waals surface area contributed by atoms with E-state index in [4.69, 9.17) is 16.1 Å². The second-order valence-corrected chi connectivity index (χ2v) is 9.52. The summed E-state index contributed by atoms with van der Waals surface area (Å²) in [6, 6.07) is 25.1. The average Bonchev–Trinajstić information content (AvgIpc) is 2.99. The Hall–Kier alpha value is -5.34. The zero-order valence-electron chi connectivity index (χ0n) is 21.4. The Labute approximate surface area is 242 Å². The minimum Gasteiger partial charge on any atom is -0.507 e. The van der Waals surface area contributed by atoms with Gasteiger partial charge < -0.3 is 21.1 Å². The van der Waals surface area contributed by atoms with E-state index in [9.17, 15) is 15.0 Å². The zero-order valence-corrected chi connectivity index (χ0v) is 22.3. The van der Waals surface area contributed by atoms with Gasteiger partial charge >= 0.3 is 5.97 Å². The number of carbonyl (C=O) groups is 1. The number of hydrogen-bond donors (Lipinski definition) is 5. The van der Waals surface area contributed by atoms with Crippen molar-refractivity contribution < 1.29 is 34.7 Å². The summed E-state index contributed by atoms with van der Waals surface area (Å²) in [5.41, 5.74) is 9.40. The number of benzene rings is 5. The molecule has 5 rings (SSSR count). The highest BCUT2D eigenvalue weighted by Gasteiger charge is 2.15. The molecule has 0 atom stereocenters. The first kappa shape index (κ1) is 28.2. The third-order valence-electron chi connectivity index (χ3n) is 6.05. The van der Waals surface area contributed by atoms with Crippen molar-refractivity contribution >= 4 is 57.2 Å². The van der Waals surface area contributed by atoms with Crippen LogP contribution in [0.1, 0.15) is 10.4 Å². The predicted molar refractivity (Wildman–Crippen MR) is 156 cm³/mol. The van der Waals surface area contributed by atoms with Crippen LogP contribution >= 0.6 is 12.0 Å². The van der Waals surface area contributed by atoms with Crippen molar-refractivity contribution in [2.45, 2.75) is 4.90 Å². The summed E-state index contributed by atoms with van der Waals surface area (Å²) in [6.07, 6.45) is 0. The molecule has 0 aromatic heterocycles. The van der Waals surface area contributed by atoms with Crippen molar-refractivity contribution in [2.75, 3.05) is 5.73 Å². The number of aromatic carboxylic acids is 1. The highest BCUT2D eigenvalue weighted by atomic mass is 32.2. The molecule has 0 amide bonds. The van der Waals surface area contributed by atoms with Crippen LogP contribution in [-0.2, 0) is 9.37 Å². The van der Waals surface area contributed by atoms with Crippen LogP contribution in [0.15, 0.2) is 116 Å². The number of fused-ring (bicyclic) bond motifs is 1. The number of hydrogen-bond acceptors (Lipinski definition) is 12. The summed E-state index contributed by atoms with van der Waals surface area (Å²) in [7, 11) is 0. The molecule has 210 valence electrons. The van der Waals surface area contributed by atoms with Crippen LogP contribution in [-0.4, -0.2) is 26.5 Å². The molecule has 0 saturated carbocycles. The molecule has 0 aliphatic carbocycles. The van der Waals surface area contributed by atoms with Gasteiger partial charge in [-0.25, -0.2) is 10.1 Å². The monoisotopic (exact) mass is 583 g/mol. The molecule has 0 heterocycles. The number of nitrogens with zero attached hydrogens (tertiary/aromatic N) is 4. The maximum Gasteiger partial charge on any atom is 0.339 e. The summed E-state index contributed by atoms with van der Waals surface area (Å²) in [4.78, 5) is 11.5. The van der Waals surface area contributed by atoms with Crippen molar-refractivity contribution in [3.8, 4) is 22.6 Å². The van der Waals surface area contributed by atoms with Gasteiger partial charge in [0, 0.05) is 11.1 Å². The third kappa shape index (κ3) is 6.35.